The lowest BCUT2D eigenvalue weighted by Crippen LogP contribution is -2.23. The number of nitrogens with one attached hydrogen (secondary N) is 1. The second-order valence-corrected chi connectivity index (χ2v) is 7.79. The van der Waals surface area contributed by atoms with E-state index >= 15 is 0 Å². The number of rotatable bonds is 7. The maximum Gasteiger partial charge on any atom is 0.220 e. The van der Waals surface area contributed by atoms with E-state index in [0.717, 1.165) is 39.0 Å². The molecule has 0 atom stereocenters. The van der Waals surface area contributed by atoms with Crippen LogP contribution in [0.25, 0.3) is 33.5 Å². The molecular weight excluding hydrogens is 410 g/mol. The molecule has 0 bridgehead atoms. The summed E-state index contributed by atoms with van der Waals surface area (Å²) < 4.78 is 6.12. The lowest BCUT2D eigenvalue weighted by atomic mass is 10.1. The second kappa shape index (κ2) is 9.49. The third-order valence-corrected chi connectivity index (χ3v) is 5.51. The molecule has 0 fully saturated rings. The largest absolute Gasteiger partial charge is 0.440 e. The van der Waals surface area contributed by atoms with Gasteiger partial charge in [-0.3, -0.25) is 9.78 Å². The minimum absolute atomic E-state index is 0.0522. The Kier molecular flexibility index (Phi) is 5.93. The van der Waals surface area contributed by atoms with Gasteiger partial charge in [-0.2, -0.15) is 0 Å². The zero-order valence-electron chi connectivity index (χ0n) is 18.1. The van der Waals surface area contributed by atoms with Crippen molar-refractivity contribution in [3.05, 3.63) is 109 Å². The smallest absolute Gasteiger partial charge is 0.220 e. The van der Waals surface area contributed by atoms with Crippen molar-refractivity contribution in [2.75, 3.05) is 0 Å². The monoisotopic (exact) mass is 433 g/mol. The molecule has 1 N–H and O–H groups in total. The fourth-order valence-corrected chi connectivity index (χ4v) is 3.86. The lowest BCUT2D eigenvalue weighted by Gasteiger charge is -2.07. The number of aryl methyl sites for hydroxylation is 1. The molecule has 0 aliphatic rings. The second-order valence-electron chi connectivity index (χ2n) is 7.79. The van der Waals surface area contributed by atoms with E-state index in [1.807, 2.05) is 91.0 Å². The number of pyridine rings is 1. The van der Waals surface area contributed by atoms with Gasteiger partial charge in [-0.1, -0.05) is 84.9 Å². The van der Waals surface area contributed by atoms with Crippen LogP contribution >= 0.6 is 0 Å². The van der Waals surface area contributed by atoms with Gasteiger partial charge in [0.2, 0.25) is 5.91 Å². The molecule has 5 nitrogen and oxygen atoms in total. The Morgan fingerprint density at radius 2 is 1.55 bits per heavy atom. The first kappa shape index (κ1) is 20.6. The Hall–Kier alpha value is -4.25. The van der Waals surface area contributed by atoms with E-state index in [1.165, 1.54) is 0 Å². The van der Waals surface area contributed by atoms with Crippen molar-refractivity contribution in [2.24, 2.45) is 0 Å². The molecule has 0 unspecified atom stereocenters. The van der Waals surface area contributed by atoms with Crippen LogP contribution in [0.4, 0.5) is 0 Å². The summed E-state index contributed by atoms with van der Waals surface area (Å²) in [5.41, 5.74) is 4.64. The molecule has 0 aliphatic carbocycles. The predicted molar refractivity (Wildman–Crippen MR) is 129 cm³/mol. The summed E-state index contributed by atoms with van der Waals surface area (Å²) in [4.78, 5) is 21.7. The van der Waals surface area contributed by atoms with Gasteiger partial charge in [0.15, 0.2) is 11.7 Å². The Balaban J connectivity index is 1.29. The molecule has 0 saturated carbocycles. The standard InChI is InChI=1S/C28H23N3O2/c32-24(30-19-23-14-7-13-20-15-8-18-29-26(20)23)16-17-25-31-27(21-9-3-1-4-10-21)28(33-25)22-11-5-2-6-12-22/h1-15,18H,16-17,19H2,(H,30,32). The molecule has 5 heteroatoms. The maximum absolute atomic E-state index is 12.6. The summed E-state index contributed by atoms with van der Waals surface area (Å²) in [7, 11) is 0. The highest BCUT2D eigenvalue weighted by Crippen LogP contribution is 2.32. The number of fused-ring (bicyclic) bond motifs is 1. The van der Waals surface area contributed by atoms with Crippen LogP contribution in [0.5, 0.6) is 0 Å². The van der Waals surface area contributed by atoms with E-state index in [9.17, 15) is 4.79 Å². The molecule has 5 rings (SSSR count). The number of para-hydroxylation sites is 1. The lowest BCUT2D eigenvalue weighted by molar-refractivity contribution is -0.121. The fraction of sp³-hybridized carbons (Fsp3) is 0.107. The van der Waals surface area contributed by atoms with Crippen molar-refractivity contribution in [1.82, 2.24) is 15.3 Å². The van der Waals surface area contributed by atoms with Gasteiger partial charge in [0.05, 0.1) is 5.52 Å². The molecule has 0 radical (unpaired) electrons. The Morgan fingerprint density at radius 3 is 2.33 bits per heavy atom. The normalized spacial score (nSPS) is 10.9. The first-order chi connectivity index (χ1) is 16.3. The zero-order valence-corrected chi connectivity index (χ0v) is 18.1. The molecule has 33 heavy (non-hydrogen) atoms. The average Bonchev–Trinajstić information content (AvgIpc) is 3.32. The van der Waals surface area contributed by atoms with Crippen molar-refractivity contribution < 1.29 is 9.21 Å². The molecule has 1 amide bonds. The summed E-state index contributed by atoms with van der Waals surface area (Å²) in [6, 6.07) is 29.8. The maximum atomic E-state index is 12.6. The number of carbonyl (C=O) groups excluding carboxylic acids is 1. The van der Waals surface area contributed by atoms with Crippen LogP contribution in [0.1, 0.15) is 17.9 Å². The molecule has 0 aliphatic heterocycles. The van der Waals surface area contributed by atoms with Gasteiger partial charge >= 0.3 is 0 Å². The fourth-order valence-electron chi connectivity index (χ4n) is 3.86. The zero-order chi connectivity index (χ0) is 22.5. The number of aromatic nitrogens is 2. The van der Waals surface area contributed by atoms with E-state index in [2.05, 4.69) is 10.3 Å². The minimum atomic E-state index is -0.0522. The van der Waals surface area contributed by atoms with E-state index in [-0.39, 0.29) is 5.91 Å². The van der Waals surface area contributed by atoms with Crippen molar-refractivity contribution >= 4 is 16.8 Å². The quantitative estimate of drug-likeness (QED) is 0.352. The van der Waals surface area contributed by atoms with Crippen molar-refractivity contribution in [1.29, 1.82) is 0 Å². The Morgan fingerprint density at radius 1 is 0.818 bits per heavy atom. The van der Waals surface area contributed by atoms with Gasteiger partial charge in [0.25, 0.3) is 0 Å². The first-order valence-electron chi connectivity index (χ1n) is 11.0. The molecule has 2 aromatic heterocycles. The molecule has 162 valence electrons. The molecule has 3 aromatic carbocycles. The third-order valence-electron chi connectivity index (χ3n) is 5.51. The number of carbonyl (C=O) groups is 1. The summed E-state index contributed by atoms with van der Waals surface area (Å²) in [5.74, 6) is 1.22. The van der Waals surface area contributed by atoms with Gasteiger partial charge in [-0.15, -0.1) is 0 Å². The molecular formula is C28H23N3O2. The molecule has 5 aromatic rings. The van der Waals surface area contributed by atoms with Crippen LogP contribution < -0.4 is 5.32 Å². The van der Waals surface area contributed by atoms with Crippen molar-refractivity contribution in [2.45, 2.75) is 19.4 Å². The number of oxazole rings is 1. The van der Waals surface area contributed by atoms with Crippen LogP contribution in [0.15, 0.2) is 102 Å². The highest BCUT2D eigenvalue weighted by molar-refractivity contribution is 5.82. The predicted octanol–water partition coefficient (Wildman–Crippen LogP) is 5.81. The average molecular weight is 434 g/mol. The van der Waals surface area contributed by atoms with Gasteiger partial charge in [-0.05, 0) is 11.6 Å². The molecule has 2 heterocycles. The van der Waals surface area contributed by atoms with Crippen molar-refractivity contribution in [3.8, 4) is 22.6 Å². The number of hydrogen-bond donors (Lipinski definition) is 1. The number of hydrogen-bond acceptors (Lipinski definition) is 4. The number of amides is 1. The highest BCUT2D eigenvalue weighted by atomic mass is 16.4. The van der Waals surface area contributed by atoms with E-state index in [4.69, 9.17) is 9.40 Å². The van der Waals surface area contributed by atoms with Gasteiger partial charge in [0.1, 0.15) is 5.69 Å². The molecule has 0 saturated heterocycles. The van der Waals surface area contributed by atoms with Crippen LogP contribution in [-0.4, -0.2) is 15.9 Å². The summed E-state index contributed by atoms with van der Waals surface area (Å²) in [6.45, 7) is 0.434. The number of nitrogens with zero attached hydrogens (tertiary/aromatic N) is 2. The topological polar surface area (TPSA) is 68.0 Å². The van der Waals surface area contributed by atoms with Gasteiger partial charge in [-0.25, -0.2) is 4.98 Å². The Labute approximate surface area is 192 Å². The van der Waals surface area contributed by atoms with Gasteiger partial charge in [0, 0.05) is 42.1 Å². The van der Waals surface area contributed by atoms with E-state index < -0.39 is 0 Å². The van der Waals surface area contributed by atoms with Crippen LogP contribution in [-0.2, 0) is 17.8 Å². The van der Waals surface area contributed by atoms with Crippen molar-refractivity contribution in [3.63, 3.8) is 0 Å². The van der Waals surface area contributed by atoms with Crippen LogP contribution in [0.2, 0.25) is 0 Å². The third kappa shape index (κ3) is 4.67. The summed E-state index contributed by atoms with van der Waals surface area (Å²) in [6.07, 6.45) is 2.48. The highest BCUT2D eigenvalue weighted by Gasteiger charge is 2.17. The Bertz CT molecular complexity index is 1320. The SMILES string of the molecule is O=C(CCc1nc(-c2ccccc2)c(-c2ccccc2)o1)NCc1cccc2cccnc12. The number of benzene rings is 3. The molecule has 0 spiro atoms. The first-order valence-corrected chi connectivity index (χ1v) is 11.0. The summed E-state index contributed by atoms with van der Waals surface area (Å²) >= 11 is 0. The van der Waals surface area contributed by atoms with E-state index in [1.54, 1.807) is 6.20 Å². The van der Waals surface area contributed by atoms with E-state index in [0.29, 0.717) is 25.3 Å². The minimum Gasteiger partial charge on any atom is -0.440 e. The van der Waals surface area contributed by atoms with Crippen LogP contribution in [0.3, 0.4) is 0 Å². The van der Waals surface area contributed by atoms with Crippen LogP contribution in [0, 0.1) is 0 Å². The summed E-state index contributed by atoms with van der Waals surface area (Å²) in [5, 5.41) is 4.06. The van der Waals surface area contributed by atoms with Gasteiger partial charge < -0.3 is 9.73 Å².